The number of aryl methyl sites for hydroxylation is 1. The number of anilines is 1. The summed E-state index contributed by atoms with van der Waals surface area (Å²) >= 11 is 0. The van der Waals surface area contributed by atoms with E-state index < -0.39 is 11.5 Å². The number of benzene rings is 1. The summed E-state index contributed by atoms with van der Waals surface area (Å²) in [5.41, 5.74) is 0.945. The number of carboxylic acids is 1. The number of nitrogens with zero attached hydrogens (tertiary/aromatic N) is 1. The SMILES string of the molecule is CNC(C)(C)C(=O)N(CCC(=O)O)c1ccccc1C. The molecule has 1 aromatic rings. The Morgan fingerprint density at radius 1 is 1.30 bits per heavy atom. The maximum Gasteiger partial charge on any atom is 0.305 e. The van der Waals surface area contributed by atoms with Gasteiger partial charge in [0.2, 0.25) is 5.91 Å². The zero-order valence-corrected chi connectivity index (χ0v) is 12.4. The lowest BCUT2D eigenvalue weighted by Crippen LogP contribution is -2.53. The van der Waals surface area contributed by atoms with Gasteiger partial charge in [-0.15, -0.1) is 0 Å². The summed E-state index contributed by atoms with van der Waals surface area (Å²) in [5, 5.41) is 11.8. The second-order valence-electron chi connectivity index (χ2n) is 5.26. The molecular weight excluding hydrogens is 256 g/mol. The summed E-state index contributed by atoms with van der Waals surface area (Å²) in [6.07, 6.45) is -0.0835. The molecule has 0 spiro atoms. The molecule has 1 aromatic carbocycles. The number of nitrogens with one attached hydrogen (secondary N) is 1. The molecule has 0 aliphatic heterocycles. The quantitative estimate of drug-likeness (QED) is 0.832. The van der Waals surface area contributed by atoms with E-state index in [1.54, 1.807) is 25.8 Å². The third-order valence-electron chi connectivity index (χ3n) is 3.36. The summed E-state index contributed by atoms with van der Waals surface area (Å²) in [4.78, 5) is 25.0. The minimum atomic E-state index is -0.918. The van der Waals surface area contributed by atoms with Crippen molar-refractivity contribution in [2.75, 3.05) is 18.5 Å². The van der Waals surface area contributed by atoms with Crippen LogP contribution < -0.4 is 10.2 Å². The molecule has 0 aliphatic rings. The van der Waals surface area contributed by atoms with Gasteiger partial charge in [-0.05, 0) is 39.4 Å². The Morgan fingerprint density at radius 3 is 2.40 bits per heavy atom. The summed E-state index contributed by atoms with van der Waals surface area (Å²) in [6, 6.07) is 7.47. The van der Waals surface area contributed by atoms with Gasteiger partial charge in [0.1, 0.15) is 0 Å². The first kappa shape index (κ1) is 16.2. The molecule has 2 N–H and O–H groups in total. The van der Waals surface area contributed by atoms with Crippen molar-refractivity contribution in [2.45, 2.75) is 32.7 Å². The van der Waals surface area contributed by atoms with Crippen LogP contribution in [0.25, 0.3) is 0 Å². The summed E-state index contributed by atoms with van der Waals surface area (Å²) in [7, 11) is 1.71. The van der Waals surface area contributed by atoms with E-state index in [1.807, 2.05) is 31.2 Å². The van der Waals surface area contributed by atoms with Crippen molar-refractivity contribution in [3.05, 3.63) is 29.8 Å². The Balaban J connectivity index is 3.12. The summed E-state index contributed by atoms with van der Waals surface area (Å²) < 4.78 is 0. The van der Waals surface area contributed by atoms with Crippen molar-refractivity contribution in [3.8, 4) is 0 Å². The monoisotopic (exact) mass is 278 g/mol. The third-order valence-corrected chi connectivity index (χ3v) is 3.36. The summed E-state index contributed by atoms with van der Waals surface area (Å²) in [5.74, 6) is -1.06. The van der Waals surface area contributed by atoms with E-state index in [-0.39, 0.29) is 18.9 Å². The number of para-hydroxylation sites is 1. The molecule has 0 radical (unpaired) electrons. The number of rotatable bonds is 6. The minimum absolute atomic E-state index is 0.0835. The van der Waals surface area contributed by atoms with Gasteiger partial charge < -0.3 is 15.3 Å². The predicted molar refractivity (Wildman–Crippen MR) is 78.9 cm³/mol. The topological polar surface area (TPSA) is 69.6 Å². The van der Waals surface area contributed by atoms with Gasteiger partial charge in [-0.1, -0.05) is 18.2 Å². The van der Waals surface area contributed by atoms with Crippen molar-refractivity contribution in [3.63, 3.8) is 0 Å². The largest absolute Gasteiger partial charge is 0.481 e. The lowest BCUT2D eigenvalue weighted by Gasteiger charge is -2.32. The molecule has 0 heterocycles. The number of carbonyl (C=O) groups is 2. The zero-order valence-electron chi connectivity index (χ0n) is 12.4. The Hall–Kier alpha value is -1.88. The van der Waals surface area contributed by atoms with Crippen molar-refractivity contribution in [2.24, 2.45) is 0 Å². The smallest absolute Gasteiger partial charge is 0.305 e. The minimum Gasteiger partial charge on any atom is -0.481 e. The van der Waals surface area contributed by atoms with E-state index >= 15 is 0 Å². The van der Waals surface area contributed by atoms with E-state index in [9.17, 15) is 9.59 Å². The standard InChI is InChI=1S/C15H22N2O3/c1-11-7-5-6-8-12(11)17(10-9-13(18)19)14(20)15(2,3)16-4/h5-8,16H,9-10H2,1-4H3,(H,18,19). The normalized spacial score (nSPS) is 11.2. The molecule has 0 saturated carbocycles. The molecule has 20 heavy (non-hydrogen) atoms. The fraction of sp³-hybridized carbons (Fsp3) is 0.467. The molecule has 0 bridgehead atoms. The van der Waals surface area contributed by atoms with Gasteiger partial charge in [-0.3, -0.25) is 9.59 Å². The average Bonchev–Trinajstić information content (AvgIpc) is 2.40. The van der Waals surface area contributed by atoms with Gasteiger partial charge >= 0.3 is 5.97 Å². The lowest BCUT2D eigenvalue weighted by molar-refractivity contribution is -0.136. The van der Waals surface area contributed by atoms with Crippen LogP contribution in [0.15, 0.2) is 24.3 Å². The molecule has 0 aliphatic carbocycles. The number of likely N-dealkylation sites (N-methyl/N-ethyl adjacent to an activating group) is 1. The number of carbonyl (C=O) groups excluding carboxylic acids is 1. The molecule has 0 aromatic heterocycles. The number of amides is 1. The van der Waals surface area contributed by atoms with Gasteiger partial charge in [0.25, 0.3) is 0 Å². The number of aliphatic carboxylic acids is 1. The van der Waals surface area contributed by atoms with Crippen LogP contribution in [0.2, 0.25) is 0 Å². The van der Waals surface area contributed by atoms with Crippen LogP contribution in [0.3, 0.4) is 0 Å². The fourth-order valence-corrected chi connectivity index (χ4v) is 1.85. The second kappa shape index (κ2) is 6.52. The highest BCUT2D eigenvalue weighted by molar-refractivity contribution is 6.00. The first-order valence-corrected chi connectivity index (χ1v) is 6.58. The Kier molecular flexibility index (Phi) is 5.27. The molecular formula is C15H22N2O3. The van der Waals surface area contributed by atoms with Crippen molar-refractivity contribution in [1.82, 2.24) is 5.32 Å². The molecule has 5 nitrogen and oxygen atoms in total. The molecule has 0 saturated heterocycles. The lowest BCUT2D eigenvalue weighted by atomic mass is 10.0. The number of hydrogen-bond donors (Lipinski definition) is 2. The fourth-order valence-electron chi connectivity index (χ4n) is 1.85. The van der Waals surface area contributed by atoms with Gasteiger partial charge in [0, 0.05) is 12.2 Å². The van der Waals surface area contributed by atoms with Gasteiger partial charge in [0.05, 0.1) is 12.0 Å². The van der Waals surface area contributed by atoms with E-state index in [0.717, 1.165) is 11.3 Å². The van der Waals surface area contributed by atoms with Gasteiger partial charge in [-0.2, -0.15) is 0 Å². The highest BCUT2D eigenvalue weighted by Gasteiger charge is 2.31. The van der Waals surface area contributed by atoms with E-state index in [4.69, 9.17) is 5.11 Å². The number of hydrogen-bond acceptors (Lipinski definition) is 3. The van der Waals surface area contributed by atoms with Crippen LogP contribution in [0.1, 0.15) is 25.8 Å². The van der Waals surface area contributed by atoms with Crippen LogP contribution in [0.5, 0.6) is 0 Å². The van der Waals surface area contributed by atoms with Crippen molar-refractivity contribution in [1.29, 1.82) is 0 Å². The Morgan fingerprint density at radius 2 is 1.90 bits per heavy atom. The van der Waals surface area contributed by atoms with Gasteiger partial charge in [-0.25, -0.2) is 0 Å². The van der Waals surface area contributed by atoms with Gasteiger partial charge in [0.15, 0.2) is 0 Å². The van der Waals surface area contributed by atoms with Crippen LogP contribution in [-0.4, -0.2) is 36.1 Å². The maximum absolute atomic E-state index is 12.6. The van der Waals surface area contributed by atoms with Crippen molar-refractivity contribution >= 4 is 17.6 Å². The average molecular weight is 278 g/mol. The molecule has 0 fully saturated rings. The molecule has 1 amide bonds. The van der Waals surface area contributed by atoms with E-state index in [2.05, 4.69) is 5.32 Å². The molecule has 1 rings (SSSR count). The molecule has 0 unspecified atom stereocenters. The first-order chi connectivity index (χ1) is 9.29. The highest BCUT2D eigenvalue weighted by atomic mass is 16.4. The molecule has 5 heteroatoms. The Bertz CT molecular complexity index is 498. The summed E-state index contributed by atoms with van der Waals surface area (Å²) in [6.45, 7) is 5.62. The van der Waals surface area contributed by atoms with Crippen molar-refractivity contribution < 1.29 is 14.7 Å². The number of carboxylic acid groups (broad SMARTS) is 1. The second-order valence-corrected chi connectivity index (χ2v) is 5.26. The van der Waals surface area contributed by atoms with Crippen LogP contribution in [0, 0.1) is 6.92 Å². The Labute approximate surface area is 119 Å². The molecule has 0 atom stereocenters. The maximum atomic E-state index is 12.6. The van der Waals surface area contributed by atoms with E-state index in [1.165, 1.54) is 0 Å². The predicted octanol–water partition coefficient (Wildman–Crippen LogP) is 1.80. The third kappa shape index (κ3) is 3.81. The van der Waals surface area contributed by atoms with Crippen LogP contribution in [-0.2, 0) is 9.59 Å². The van der Waals surface area contributed by atoms with Crippen LogP contribution >= 0.6 is 0 Å². The zero-order chi connectivity index (χ0) is 15.3. The first-order valence-electron chi connectivity index (χ1n) is 6.58. The highest BCUT2D eigenvalue weighted by Crippen LogP contribution is 2.22. The van der Waals surface area contributed by atoms with Crippen LogP contribution in [0.4, 0.5) is 5.69 Å². The van der Waals surface area contributed by atoms with E-state index in [0.29, 0.717) is 0 Å². The molecule has 110 valence electrons.